The number of ether oxygens (including phenoxy) is 1. The van der Waals surface area contributed by atoms with E-state index < -0.39 is 0 Å². The molecule has 0 saturated carbocycles. The van der Waals surface area contributed by atoms with Gasteiger partial charge < -0.3 is 10.5 Å². The Hall–Kier alpha value is -1.03. The summed E-state index contributed by atoms with van der Waals surface area (Å²) in [6.45, 7) is 4.07. The third kappa shape index (κ3) is 3.42. The third-order valence-electron chi connectivity index (χ3n) is 3.68. The fraction of sp³-hybridized carbons (Fsp3) is 0.294. The quantitative estimate of drug-likeness (QED) is 0.827. The van der Waals surface area contributed by atoms with Gasteiger partial charge >= 0.3 is 0 Å². The van der Waals surface area contributed by atoms with Crippen LogP contribution in [0.15, 0.2) is 34.8 Å². The van der Waals surface area contributed by atoms with Gasteiger partial charge in [-0.1, -0.05) is 45.7 Å². The van der Waals surface area contributed by atoms with Gasteiger partial charge in [0.25, 0.3) is 0 Å². The summed E-state index contributed by atoms with van der Waals surface area (Å²) >= 11 is 9.83. The highest BCUT2D eigenvalue weighted by Crippen LogP contribution is 2.37. The van der Waals surface area contributed by atoms with Crippen LogP contribution in [0.25, 0.3) is 0 Å². The minimum absolute atomic E-state index is 0.170. The Morgan fingerprint density at radius 2 is 1.95 bits per heavy atom. The zero-order chi connectivity index (χ0) is 15.6. The Labute approximate surface area is 139 Å². The van der Waals surface area contributed by atoms with Crippen LogP contribution in [0.2, 0.25) is 5.02 Å². The normalized spacial score (nSPS) is 12.3. The fourth-order valence-electron chi connectivity index (χ4n) is 2.60. The summed E-state index contributed by atoms with van der Waals surface area (Å²) < 4.78 is 6.61. The van der Waals surface area contributed by atoms with Crippen LogP contribution in [0, 0.1) is 13.8 Å². The van der Waals surface area contributed by atoms with Gasteiger partial charge in [-0.3, -0.25) is 0 Å². The van der Waals surface area contributed by atoms with E-state index in [1.807, 2.05) is 38.1 Å². The largest absolute Gasteiger partial charge is 0.496 e. The van der Waals surface area contributed by atoms with E-state index in [0.717, 1.165) is 37.5 Å². The molecule has 2 aromatic rings. The topological polar surface area (TPSA) is 35.2 Å². The average molecular weight is 369 g/mol. The number of nitrogens with two attached hydrogens (primary N) is 1. The zero-order valence-electron chi connectivity index (χ0n) is 12.4. The SMILES string of the molecule is COc1c(C)cc(Br)c(C)c1C(N)Cc1ccccc1Cl. The Morgan fingerprint density at radius 3 is 2.57 bits per heavy atom. The Morgan fingerprint density at radius 1 is 1.29 bits per heavy atom. The number of rotatable bonds is 4. The maximum atomic E-state index is 6.45. The van der Waals surface area contributed by atoms with Crippen LogP contribution in [0.3, 0.4) is 0 Å². The molecule has 4 heteroatoms. The molecule has 21 heavy (non-hydrogen) atoms. The lowest BCUT2D eigenvalue weighted by Crippen LogP contribution is -2.17. The highest BCUT2D eigenvalue weighted by atomic mass is 79.9. The highest BCUT2D eigenvalue weighted by molar-refractivity contribution is 9.10. The van der Waals surface area contributed by atoms with Gasteiger partial charge in [0, 0.05) is 21.1 Å². The second-order valence-corrected chi connectivity index (χ2v) is 6.41. The maximum absolute atomic E-state index is 6.45. The van der Waals surface area contributed by atoms with Crippen LogP contribution < -0.4 is 10.5 Å². The predicted octanol–water partition coefficient (Wildman–Crippen LogP) is 4.97. The van der Waals surface area contributed by atoms with Crippen molar-refractivity contribution < 1.29 is 4.74 Å². The summed E-state index contributed by atoms with van der Waals surface area (Å²) in [5, 5.41) is 0.747. The molecule has 2 N–H and O–H groups in total. The van der Waals surface area contributed by atoms with Crippen molar-refractivity contribution in [3.63, 3.8) is 0 Å². The molecular formula is C17H19BrClNO. The summed E-state index contributed by atoms with van der Waals surface area (Å²) in [6, 6.07) is 9.68. The van der Waals surface area contributed by atoms with E-state index in [1.54, 1.807) is 7.11 Å². The molecule has 0 radical (unpaired) electrons. The van der Waals surface area contributed by atoms with Crippen molar-refractivity contribution in [2.24, 2.45) is 5.73 Å². The number of hydrogen-bond acceptors (Lipinski definition) is 2. The van der Waals surface area contributed by atoms with Crippen molar-refractivity contribution in [1.29, 1.82) is 0 Å². The van der Waals surface area contributed by atoms with Gasteiger partial charge in [0.05, 0.1) is 7.11 Å². The van der Waals surface area contributed by atoms with Crippen molar-refractivity contribution in [1.82, 2.24) is 0 Å². The van der Waals surface area contributed by atoms with Crippen LogP contribution in [0.4, 0.5) is 0 Å². The maximum Gasteiger partial charge on any atom is 0.126 e. The standard InChI is InChI=1S/C17H19BrClNO/c1-10-8-13(18)11(2)16(17(10)21-3)15(20)9-12-6-4-5-7-14(12)19/h4-8,15H,9,20H2,1-3H3. The van der Waals surface area contributed by atoms with E-state index in [-0.39, 0.29) is 6.04 Å². The van der Waals surface area contributed by atoms with E-state index in [0.29, 0.717) is 6.42 Å². The minimum Gasteiger partial charge on any atom is -0.496 e. The molecule has 0 fully saturated rings. The lowest BCUT2D eigenvalue weighted by molar-refractivity contribution is 0.401. The van der Waals surface area contributed by atoms with Gasteiger partial charge in [-0.2, -0.15) is 0 Å². The molecule has 2 nitrogen and oxygen atoms in total. The highest BCUT2D eigenvalue weighted by Gasteiger charge is 2.20. The predicted molar refractivity (Wildman–Crippen MR) is 92.3 cm³/mol. The molecule has 0 heterocycles. The second-order valence-electron chi connectivity index (χ2n) is 5.15. The van der Waals surface area contributed by atoms with Crippen molar-refractivity contribution in [2.75, 3.05) is 7.11 Å². The number of benzene rings is 2. The van der Waals surface area contributed by atoms with Gasteiger partial charge in [-0.05, 0) is 49.1 Å². The van der Waals surface area contributed by atoms with Gasteiger partial charge in [0.1, 0.15) is 5.75 Å². The van der Waals surface area contributed by atoms with Gasteiger partial charge in [0.15, 0.2) is 0 Å². The summed E-state index contributed by atoms with van der Waals surface area (Å²) in [6.07, 6.45) is 0.673. The van der Waals surface area contributed by atoms with E-state index in [2.05, 4.69) is 22.0 Å². The number of methoxy groups -OCH3 is 1. The molecule has 0 saturated heterocycles. The first kappa shape index (κ1) is 16.3. The smallest absolute Gasteiger partial charge is 0.126 e. The third-order valence-corrected chi connectivity index (χ3v) is 4.87. The van der Waals surface area contributed by atoms with E-state index in [1.165, 1.54) is 0 Å². The summed E-state index contributed by atoms with van der Waals surface area (Å²) in [5.41, 5.74) is 10.7. The lowest BCUT2D eigenvalue weighted by Gasteiger charge is -2.21. The molecule has 0 aromatic heterocycles. The zero-order valence-corrected chi connectivity index (χ0v) is 14.8. The molecule has 112 valence electrons. The van der Waals surface area contributed by atoms with Crippen molar-refractivity contribution >= 4 is 27.5 Å². The lowest BCUT2D eigenvalue weighted by atomic mass is 9.93. The molecule has 1 unspecified atom stereocenters. The number of hydrogen-bond donors (Lipinski definition) is 1. The van der Waals surface area contributed by atoms with E-state index >= 15 is 0 Å². The van der Waals surface area contributed by atoms with Crippen molar-refractivity contribution in [3.05, 3.63) is 62.1 Å². The van der Waals surface area contributed by atoms with Gasteiger partial charge in [-0.15, -0.1) is 0 Å². The molecule has 0 spiro atoms. The van der Waals surface area contributed by atoms with E-state index in [9.17, 15) is 0 Å². The monoisotopic (exact) mass is 367 g/mol. The van der Waals surface area contributed by atoms with Gasteiger partial charge in [-0.25, -0.2) is 0 Å². The molecule has 0 aliphatic carbocycles. The van der Waals surface area contributed by atoms with E-state index in [4.69, 9.17) is 22.1 Å². The van der Waals surface area contributed by atoms with Crippen LogP contribution >= 0.6 is 27.5 Å². The van der Waals surface area contributed by atoms with Crippen molar-refractivity contribution in [2.45, 2.75) is 26.3 Å². The molecule has 0 bridgehead atoms. The molecule has 0 amide bonds. The average Bonchev–Trinajstić information content (AvgIpc) is 2.44. The number of halogens is 2. The molecule has 1 atom stereocenters. The fourth-order valence-corrected chi connectivity index (χ4v) is 3.37. The van der Waals surface area contributed by atoms with Crippen LogP contribution in [-0.2, 0) is 6.42 Å². The summed E-state index contributed by atoms with van der Waals surface area (Å²) in [5.74, 6) is 0.857. The summed E-state index contributed by atoms with van der Waals surface area (Å²) in [4.78, 5) is 0. The molecule has 2 aromatic carbocycles. The Kier molecular flexibility index (Phi) is 5.31. The van der Waals surface area contributed by atoms with Gasteiger partial charge in [0.2, 0.25) is 0 Å². The molecule has 0 aliphatic heterocycles. The molecular weight excluding hydrogens is 350 g/mol. The Balaban J connectivity index is 2.44. The van der Waals surface area contributed by atoms with Crippen molar-refractivity contribution in [3.8, 4) is 5.75 Å². The molecule has 0 aliphatic rings. The molecule has 2 rings (SSSR count). The first-order chi connectivity index (χ1) is 9.95. The first-order valence-electron chi connectivity index (χ1n) is 6.78. The summed E-state index contributed by atoms with van der Waals surface area (Å²) in [7, 11) is 1.68. The van der Waals surface area contributed by atoms with Crippen LogP contribution in [-0.4, -0.2) is 7.11 Å². The Bertz CT molecular complexity index is 657. The van der Waals surface area contributed by atoms with Crippen LogP contribution in [0.5, 0.6) is 5.75 Å². The van der Waals surface area contributed by atoms with Crippen LogP contribution in [0.1, 0.15) is 28.3 Å². The number of aryl methyl sites for hydroxylation is 1. The minimum atomic E-state index is -0.170. The second kappa shape index (κ2) is 6.82. The first-order valence-corrected chi connectivity index (χ1v) is 7.95.